The van der Waals surface area contributed by atoms with Crippen molar-refractivity contribution in [2.75, 3.05) is 0 Å². The maximum absolute atomic E-state index is 2.35. The fourth-order valence-electron chi connectivity index (χ4n) is 3.35. The number of hydrogen-bond donors (Lipinski definition) is 0. The summed E-state index contributed by atoms with van der Waals surface area (Å²) < 4.78 is 0. The summed E-state index contributed by atoms with van der Waals surface area (Å²) in [6.07, 6.45) is 0. The highest BCUT2D eigenvalue weighted by molar-refractivity contribution is 5.49. The Hall–Kier alpha value is -2.34. The highest BCUT2D eigenvalue weighted by atomic mass is 14.2. The van der Waals surface area contributed by atoms with E-state index in [1.807, 2.05) is 0 Å². The van der Waals surface area contributed by atoms with Crippen molar-refractivity contribution in [1.82, 2.24) is 0 Å². The van der Waals surface area contributed by atoms with Crippen LogP contribution < -0.4 is 0 Å². The molecule has 0 atom stereocenters. The van der Waals surface area contributed by atoms with E-state index in [4.69, 9.17) is 0 Å². The van der Waals surface area contributed by atoms with E-state index in [-0.39, 0.29) is 5.92 Å². The van der Waals surface area contributed by atoms with Crippen LogP contribution >= 0.6 is 0 Å². The molecular weight excluding hydrogens is 288 g/mol. The molecule has 0 bridgehead atoms. The SMILES string of the molecule is Cc1ccc(C(c2ccc(C)c(C)c2)c2ccccc2C)cc1C. The maximum Gasteiger partial charge on any atom is 0.0342 e. The van der Waals surface area contributed by atoms with Gasteiger partial charge in [-0.2, -0.15) is 0 Å². The minimum absolute atomic E-state index is 0.282. The molecule has 122 valence electrons. The topological polar surface area (TPSA) is 0 Å². The molecule has 0 aliphatic heterocycles. The average Bonchev–Trinajstić information content (AvgIpc) is 2.56. The normalized spacial score (nSPS) is 11.1. The first kappa shape index (κ1) is 16.5. The second-order valence-electron chi connectivity index (χ2n) is 6.98. The molecule has 0 fully saturated rings. The number of hydrogen-bond acceptors (Lipinski definition) is 0. The Balaban J connectivity index is 2.22. The van der Waals surface area contributed by atoms with Crippen LogP contribution in [0.1, 0.15) is 50.4 Å². The molecule has 0 spiro atoms. The summed E-state index contributed by atoms with van der Waals surface area (Å²) >= 11 is 0. The van der Waals surface area contributed by atoms with Crippen LogP contribution in [0.25, 0.3) is 0 Å². The summed E-state index contributed by atoms with van der Waals surface area (Å²) in [7, 11) is 0. The molecule has 0 aliphatic rings. The van der Waals surface area contributed by atoms with Crippen molar-refractivity contribution in [1.29, 1.82) is 0 Å². The molecule has 0 saturated carbocycles. The van der Waals surface area contributed by atoms with E-state index in [0.29, 0.717) is 0 Å². The standard InChI is InChI=1S/C24H26/c1-16-10-12-21(14-19(16)4)24(23-9-7-6-8-18(23)3)22-13-11-17(2)20(5)15-22/h6-15,24H,1-5H3. The van der Waals surface area contributed by atoms with Crippen LogP contribution in [0.2, 0.25) is 0 Å². The Labute approximate surface area is 146 Å². The van der Waals surface area contributed by atoms with Crippen LogP contribution in [0.4, 0.5) is 0 Å². The van der Waals surface area contributed by atoms with E-state index < -0.39 is 0 Å². The van der Waals surface area contributed by atoms with E-state index in [0.717, 1.165) is 0 Å². The van der Waals surface area contributed by atoms with E-state index in [1.54, 1.807) is 0 Å². The Morgan fingerprint density at radius 1 is 0.500 bits per heavy atom. The number of benzene rings is 3. The van der Waals surface area contributed by atoms with Gasteiger partial charge in [-0.15, -0.1) is 0 Å². The van der Waals surface area contributed by atoms with Crippen molar-refractivity contribution in [3.05, 3.63) is 105 Å². The molecule has 0 radical (unpaired) electrons. The third-order valence-corrected chi connectivity index (χ3v) is 5.23. The molecular formula is C24H26. The lowest BCUT2D eigenvalue weighted by Crippen LogP contribution is -2.06. The average molecular weight is 314 g/mol. The lowest BCUT2D eigenvalue weighted by atomic mass is 9.81. The van der Waals surface area contributed by atoms with Crippen molar-refractivity contribution in [3.63, 3.8) is 0 Å². The van der Waals surface area contributed by atoms with Gasteiger partial charge in [-0.05, 0) is 79.1 Å². The minimum Gasteiger partial charge on any atom is -0.0620 e. The van der Waals surface area contributed by atoms with Gasteiger partial charge in [-0.25, -0.2) is 0 Å². The summed E-state index contributed by atoms with van der Waals surface area (Å²) in [6.45, 7) is 11.0. The minimum atomic E-state index is 0.282. The molecule has 24 heavy (non-hydrogen) atoms. The zero-order valence-electron chi connectivity index (χ0n) is 15.4. The maximum atomic E-state index is 2.35. The Bertz CT molecular complexity index is 819. The van der Waals surface area contributed by atoms with E-state index in [1.165, 1.54) is 44.5 Å². The Morgan fingerprint density at radius 3 is 1.46 bits per heavy atom. The summed E-state index contributed by atoms with van der Waals surface area (Å²) in [6, 6.07) is 22.5. The first-order valence-electron chi connectivity index (χ1n) is 8.67. The summed E-state index contributed by atoms with van der Waals surface area (Å²) in [4.78, 5) is 0. The fourth-order valence-corrected chi connectivity index (χ4v) is 3.35. The smallest absolute Gasteiger partial charge is 0.0342 e. The van der Waals surface area contributed by atoms with E-state index in [9.17, 15) is 0 Å². The van der Waals surface area contributed by atoms with E-state index >= 15 is 0 Å². The van der Waals surface area contributed by atoms with Crippen molar-refractivity contribution in [2.45, 2.75) is 40.5 Å². The van der Waals surface area contributed by atoms with Crippen LogP contribution in [0, 0.1) is 34.6 Å². The second kappa shape index (κ2) is 6.65. The third kappa shape index (κ3) is 3.14. The lowest BCUT2D eigenvalue weighted by Gasteiger charge is -2.22. The van der Waals surface area contributed by atoms with Gasteiger partial charge in [0.05, 0.1) is 0 Å². The monoisotopic (exact) mass is 314 g/mol. The van der Waals surface area contributed by atoms with Gasteiger partial charge in [-0.1, -0.05) is 60.7 Å². The molecule has 0 amide bonds. The van der Waals surface area contributed by atoms with Gasteiger partial charge < -0.3 is 0 Å². The molecule has 3 aromatic rings. The fraction of sp³-hybridized carbons (Fsp3) is 0.250. The first-order valence-corrected chi connectivity index (χ1v) is 8.67. The predicted molar refractivity (Wildman–Crippen MR) is 104 cm³/mol. The third-order valence-electron chi connectivity index (χ3n) is 5.23. The van der Waals surface area contributed by atoms with Gasteiger partial charge in [0.15, 0.2) is 0 Å². The Morgan fingerprint density at radius 2 is 1.00 bits per heavy atom. The summed E-state index contributed by atoms with van der Waals surface area (Å²) in [5.41, 5.74) is 10.9. The largest absolute Gasteiger partial charge is 0.0620 e. The quantitative estimate of drug-likeness (QED) is 0.490. The van der Waals surface area contributed by atoms with Gasteiger partial charge in [0.1, 0.15) is 0 Å². The van der Waals surface area contributed by atoms with Crippen LogP contribution in [-0.4, -0.2) is 0 Å². The van der Waals surface area contributed by atoms with Crippen LogP contribution in [0.3, 0.4) is 0 Å². The van der Waals surface area contributed by atoms with Crippen LogP contribution in [-0.2, 0) is 0 Å². The zero-order chi connectivity index (χ0) is 17.3. The highest BCUT2D eigenvalue weighted by Crippen LogP contribution is 2.35. The molecule has 0 aliphatic carbocycles. The first-order chi connectivity index (χ1) is 11.5. The van der Waals surface area contributed by atoms with Gasteiger partial charge in [0.25, 0.3) is 0 Å². The van der Waals surface area contributed by atoms with Gasteiger partial charge in [-0.3, -0.25) is 0 Å². The predicted octanol–water partition coefficient (Wildman–Crippen LogP) is 6.41. The Kier molecular flexibility index (Phi) is 4.57. The zero-order valence-corrected chi connectivity index (χ0v) is 15.4. The molecule has 0 saturated heterocycles. The molecule has 0 N–H and O–H groups in total. The molecule has 0 heterocycles. The molecule has 3 aromatic carbocycles. The second-order valence-corrected chi connectivity index (χ2v) is 6.98. The summed E-state index contributed by atoms with van der Waals surface area (Å²) in [5, 5.41) is 0. The molecule has 0 aromatic heterocycles. The van der Waals surface area contributed by atoms with Crippen LogP contribution in [0.15, 0.2) is 60.7 Å². The summed E-state index contributed by atoms with van der Waals surface area (Å²) in [5.74, 6) is 0.282. The van der Waals surface area contributed by atoms with Gasteiger partial charge >= 0.3 is 0 Å². The van der Waals surface area contributed by atoms with Crippen LogP contribution in [0.5, 0.6) is 0 Å². The number of aryl methyl sites for hydroxylation is 5. The van der Waals surface area contributed by atoms with Gasteiger partial charge in [0.2, 0.25) is 0 Å². The molecule has 0 unspecified atom stereocenters. The van der Waals surface area contributed by atoms with Crippen molar-refractivity contribution < 1.29 is 0 Å². The molecule has 0 nitrogen and oxygen atoms in total. The lowest BCUT2D eigenvalue weighted by molar-refractivity contribution is 0.953. The molecule has 3 rings (SSSR count). The van der Waals surface area contributed by atoms with Gasteiger partial charge in [0, 0.05) is 5.92 Å². The number of rotatable bonds is 3. The van der Waals surface area contributed by atoms with Crippen molar-refractivity contribution in [2.24, 2.45) is 0 Å². The highest BCUT2D eigenvalue weighted by Gasteiger charge is 2.19. The molecule has 0 heteroatoms. The van der Waals surface area contributed by atoms with E-state index in [2.05, 4.69) is 95.3 Å². The van der Waals surface area contributed by atoms with Crippen molar-refractivity contribution >= 4 is 0 Å². The van der Waals surface area contributed by atoms with Crippen molar-refractivity contribution in [3.8, 4) is 0 Å².